The van der Waals surface area contributed by atoms with Gasteiger partial charge in [-0.2, -0.15) is 0 Å². The maximum Gasteiger partial charge on any atom is 0.344 e. The molecular formula is C16H14N2O3. The number of para-hydroxylation sites is 1. The van der Waals surface area contributed by atoms with E-state index in [9.17, 15) is 4.79 Å². The quantitative estimate of drug-likeness (QED) is 0.771. The normalized spacial score (nSPS) is 12.2. The van der Waals surface area contributed by atoms with E-state index in [1.807, 2.05) is 36.5 Å². The standard InChI is InChI=1S/C16H14N2O3/c1-10(16(19)20)21-14-5-3-2-4-12(14)11-6-8-17-15-13(11)7-9-18-15/h2-10H,1H3,(H,17,18)(H,19,20). The highest BCUT2D eigenvalue weighted by Gasteiger charge is 2.16. The number of carboxylic acids is 1. The van der Waals surface area contributed by atoms with E-state index < -0.39 is 12.1 Å². The molecule has 5 heteroatoms. The third-order valence-electron chi connectivity index (χ3n) is 3.29. The Morgan fingerprint density at radius 2 is 2.05 bits per heavy atom. The second-order valence-electron chi connectivity index (χ2n) is 4.69. The van der Waals surface area contributed by atoms with Crippen LogP contribution in [0.5, 0.6) is 5.75 Å². The van der Waals surface area contributed by atoms with Gasteiger partial charge in [-0.05, 0) is 30.7 Å². The lowest BCUT2D eigenvalue weighted by Gasteiger charge is -2.15. The summed E-state index contributed by atoms with van der Waals surface area (Å²) in [4.78, 5) is 18.3. The first kappa shape index (κ1) is 13.2. The molecule has 1 aromatic carbocycles. The van der Waals surface area contributed by atoms with Crippen LogP contribution >= 0.6 is 0 Å². The van der Waals surface area contributed by atoms with Crippen molar-refractivity contribution in [2.45, 2.75) is 13.0 Å². The summed E-state index contributed by atoms with van der Waals surface area (Å²) in [7, 11) is 0. The van der Waals surface area contributed by atoms with Gasteiger partial charge in [0.25, 0.3) is 0 Å². The number of ether oxygens (including phenoxy) is 1. The third kappa shape index (κ3) is 2.45. The molecule has 0 radical (unpaired) electrons. The third-order valence-corrected chi connectivity index (χ3v) is 3.29. The predicted molar refractivity (Wildman–Crippen MR) is 79.3 cm³/mol. The molecule has 0 saturated heterocycles. The highest BCUT2D eigenvalue weighted by Crippen LogP contribution is 2.34. The van der Waals surface area contributed by atoms with Gasteiger partial charge in [-0.3, -0.25) is 0 Å². The summed E-state index contributed by atoms with van der Waals surface area (Å²) >= 11 is 0. The van der Waals surface area contributed by atoms with E-state index in [4.69, 9.17) is 9.84 Å². The Hall–Kier alpha value is -2.82. The Labute approximate surface area is 121 Å². The number of hydrogen-bond donors (Lipinski definition) is 2. The van der Waals surface area contributed by atoms with Crippen LogP contribution in [0.3, 0.4) is 0 Å². The van der Waals surface area contributed by atoms with E-state index in [0.717, 1.165) is 22.2 Å². The molecule has 3 rings (SSSR count). The molecule has 1 atom stereocenters. The van der Waals surface area contributed by atoms with Crippen LogP contribution in [0.4, 0.5) is 0 Å². The van der Waals surface area contributed by atoms with Gasteiger partial charge in [0.2, 0.25) is 0 Å². The van der Waals surface area contributed by atoms with Gasteiger partial charge in [0.15, 0.2) is 6.10 Å². The Bertz CT molecular complexity index is 795. The summed E-state index contributed by atoms with van der Waals surface area (Å²) in [5, 5.41) is 9.97. The van der Waals surface area contributed by atoms with Gasteiger partial charge in [-0.25, -0.2) is 9.78 Å². The van der Waals surface area contributed by atoms with Crippen molar-refractivity contribution in [3.63, 3.8) is 0 Å². The van der Waals surface area contributed by atoms with Crippen molar-refractivity contribution in [3.8, 4) is 16.9 Å². The zero-order valence-electron chi connectivity index (χ0n) is 11.4. The highest BCUT2D eigenvalue weighted by molar-refractivity contribution is 5.94. The SMILES string of the molecule is CC(Oc1ccccc1-c1ccnc2[nH]ccc12)C(=O)O. The van der Waals surface area contributed by atoms with Gasteiger partial charge in [0.05, 0.1) is 0 Å². The number of hydrogen-bond acceptors (Lipinski definition) is 3. The zero-order chi connectivity index (χ0) is 14.8. The fourth-order valence-corrected chi connectivity index (χ4v) is 2.23. The Morgan fingerprint density at radius 3 is 2.86 bits per heavy atom. The summed E-state index contributed by atoms with van der Waals surface area (Å²) in [5.41, 5.74) is 2.58. The number of aliphatic carboxylic acids is 1. The van der Waals surface area contributed by atoms with Crippen LogP contribution in [-0.4, -0.2) is 27.1 Å². The van der Waals surface area contributed by atoms with Gasteiger partial charge in [0.1, 0.15) is 11.4 Å². The van der Waals surface area contributed by atoms with E-state index in [-0.39, 0.29) is 0 Å². The number of aromatic nitrogens is 2. The first-order chi connectivity index (χ1) is 10.2. The molecule has 2 N–H and O–H groups in total. The molecule has 21 heavy (non-hydrogen) atoms. The first-order valence-corrected chi connectivity index (χ1v) is 6.58. The summed E-state index contributed by atoms with van der Waals surface area (Å²) in [5.74, 6) is -0.451. The molecule has 0 aliphatic carbocycles. The Balaban J connectivity index is 2.10. The van der Waals surface area contributed by atoms with Crippen LogP contribution in [0.15, 0.2) is 48.8 Å². The lowest BCUT2D eigenvalue weighted by molar-refractivity contribution is -0.144. The minimum atomic E-state index is -0.994. The van der Waals surface area contributed by atoms with Gasteiger partial charge in [-0.1, -0.05) is 18.2 Å². The molecule has 2 heterocycles. The van der Waals surface area contributed by atoms with Gasteiger partial charge in [-0.15, -0.1) is 0 Å². The molecule has 0 bridgehead atoms. The first-order valence-electron chi connectivity index (χ1n) is 6.58. The maximum atomic E-state index is 11.0. The van der Waals surface area contributed by atoms with E-state index in [1.165, 1.54) is 6.92 Å². The lowest BCUT2D eigenvalue weighted by Crippen LogP contribution is -2.23. The van der Waals surface area contributed by atoms with Gasteiger partial charge >= 0.3 is 5.97 Å². The molecule has 106 valence electrons. The van der Waals surface area contributed by atoms with Gasteiger partial charge < -0.3 is 14.8 Å². The highest BCUT2D eigenvalue weighted by atomic mass is 16.5. The summed E-state index contributed by atoms with van der Waals surface area (Å²) < 4.78 is 5.56. The smallest absolute Gasteiger partial charge is 0.344 e. The van der Waals surface area contributed by atoms with E-state index in [1.54, 1.807) is 12.3 Å². The molecule has 0 fully saturated rings. The van der Waals surface area contributed by atoms with Crippen molar-refractivity contribution in [3.05, 3.63) is 48.8 Å². The van der Waals surface area contributed by atoms with E-state index in [2.05, 4.69) is 9.97 Å². The monoisotopic (exact) mass is 282 g/mol. The Morgan fingerprint density at radius 1 is 1.24 bits per heavy atom. The van der Waals surface area contributed by atoms with Crippen molar-refractivity contribution in [1.29, 1.82) is 0 Å². The maximum absolute atomic E-state index is 11.0. The summed E-state index contributed by atoms with van der Waals surface area (Å²) in [6.07, 6.45) is 2.63. The zero-order valence-corrected chi connectivity index (χ0v) is 11.4. The van der Waals surface area contributed by atoms with Crippen LogP contribution in [0.2, 0.25) is 0 Å². The van der Waals surface area contributed by atoms with Crippen molar-refractivity contribution in [2.75, 3.05) is 0 Å². The lowest BCUT2D eigenvalue weighted by atomic mass is 10.0. The molecule has 0 aliphatic heterocycles. The number of carboxylic acid groups (broad SMARTS) is 1. The number of nitrogens with zero attached hydrogens (tertiary/aromatic N) is 1. The average Bonchev–Trinajstić information content (AvgIpc) is 2.96. The van der Waals surface area contributed by atoms with Crippen molar-refractivity contribution >= 4 is 17.0 Å². The van der Waals surface area contributed by atoms with Crippen LogP contribution in [0, 0.1) is 0 Å². The largest absolute Gasteiger partial charge is 0.479 e. The van der Waals surface area contributed by atoms with E-state index in [0.29, 0.717) is 5.75 Å². The van der Waals surface area contributed by atoms with Crippen LogP contribution < -0.4 is 4.74 Å². The topological polar surface area (TPSA) is 75.2 Å². The number of aromatic amines is 1. The molecule has 0 spiro atoms. The average molecular weight is 282 g/mol. The minimum Gasteiger partial charge on any atom is -0.479 e. The number of fused-ring (bicyclic) bond motifs is 1. The van der Waals surface area contributed by atoms with Crippen molar-refractivity contribution < 1.29 is 14.6 Å². The molecule has 0 saturated carbocycles. The van der Waals surface area contributed by atoms with Gasteiger partial charge in [0, 0.05) is 23.3 Å². The minimum absolute atomic E-state index is 0.543. The summed E-state index contributed by atoms with van der Waals surface area (Å²) in [6, 6.07) is 11.2. The van der Waals surface area contributed by atoms with Crippen LogP contribution in [-0.2, 0) is 4.79 Å². The van der Waals surface area contributed by atoms with E-state index >= 15 is 0 Å². The fraction of sp³-hybridized carbons (Fsp3) is 0.125. The number of rotatable bonds is 4. The number of benzene rings is 1. The number of H-pyrrole nitrogens is 1. The molecule has 1 unspecified atom stereocenters. The second kappa shape index (κ2) is 5.28. The van der Waals surface area contributed by atoms with Crippen molar-refractivity contribution in [1.82, 2.24) is 9.97 Å². The molecule has 2 aromatic heterocycles. The van der Waals surface area contributed by atoms with Crippen molar-refractivity contribution in [2.24, 2.45) is 0 Å². The molecule has 0 aliphatic rings. The number of nitrogens with one attached hydrogen (secondary N) is 1. The number of pyridine rings is 1. The predicted octanol–water partition coefficient (Wildman–Crippen LogP) is 3.08. The molecule has 3 aromatic rings. The Kier molecular flexibility index (Phi) is 3.31. The molecular weight excluding hydrogens is 268 g/mol. The molecule has 5 nitrogen and oxygen atoms in total. The van der Waals surface area contributed by atoms with Crippen LogP contribution in [0.25, 0.3) is 22.2 Å². The fourth-order valence-electron chi connectivity index (χ4n) is 2.23. The summed E-state index contributed by atoms with van der Waals surface area (Å²) in [6.45, 7) is 1.51. The number of carbonyl (C=O) groups is 1. The molecule has 0 amide bonds. The van der Waals surface area contributed by atoms with Crippen LogP contribution in [0.1, 0.15) is 6.92 Å². The second-order valence-corrected chi connectivity index (χ2v) is 4.69.